The number of hydrogen-bond donors (Lipinski definition) is 1. The van der Waals surface area contributed by atoms with E-state index in [9.17, 15) is 4.79 Å². The molecule has 17 heavy (non-hydrogen) atoms. The monoisotopic (exact) mass is 240 g/mol. The molecule has 0 bridgehead atoms. The van der Waals surface area contributed by atoms with E-state index >= 15 is 0 Å². The summed E-state index contributed by atoms with van der Waals surface area (Å²) < 4.78 is 0. The highest BCUT2D eigenvalue weighted by atomic mass is 16.2. The SMILES string of the molecule is CCCCCC(=O)N(CC)CC1CCNCC1. The quantitative estimate of drug-likeness (QED) is 0.693. The minimum atomic E-state index is 0.361. The first kappa shape index (κ1) is 14.5. The van der Waals surface area contributed by atoms with Gasteiger partial charge in [0.15, 0.2) is 0 Å². The molecule has 0 unspecified atom stereocenters. The van der Waals surface area contributed by atoms with Gasteiger partial charge in [-0.25, -0.2) is 0 Å². The second-order valence-electron chi connectivity index (χ2n) is 5.08. The summed E-state index contributed by atoms with van der Waals surface area (Å²) in [4.78, 5) is 14.1. The second kappa shape index (κ2) is 8.51. The third-order valence-electron chi connectivity index (χ3n) is 3.67. The Morgan fingerprint density at radius 2 is 1.94 bits per heavy atom. The summed E-state index contributed by atoms with van der Waals surface area (Å²) in [7, 11) is 0. The fourth-order valence-electron chi connectivity index (χ4n) is 2.47. The molecule has 1 saturated heterocycles. The summed E-state index contributed by atoms with van der Waals surface area (Å²) in [6.45, 7) is 8.35. The van der Waals surface area contributed by atoms with Crippen molar-refractivity contribution in [3.63, 3.8) is 0 Å². The Morgan fingerprint density at radius 1 is 1.24 bits per heavy atom. The van der Waals surface area contributed by atoms with Crippen LogP contribution in [0, 0.1) is 5.92 Å². The van der Waals surface area contributed by atoms with Gasteiger partial charge in [0.1, 0.15) is 0 Å². The van der Waals surface area contributed by atoms with Crippen molar-refractivity contribution in [1.82, 2.24) is 10.2 Å². The number of amides is 1. The maximum atomic E-state index is 12.0. The van der Waals surface area contributed by atoms with Crippen molar-refractivity contribution in [1.29, 1.82) is 0 Å². The standard InChI is InChI=1S/C14H28N2O/c1-3-5-6-7-14(17)16(4-2)12-13-8-10-15-11-9-13/h13,15H,3-12H2,1-2H3. The lowest BCUT2D eigenvalue weighted by Gasteiger charge is -2.29. The average molecular weight is 240 g/mol. The number of unbranched alkanes of at least 4 members (excludes halogenated alkanes) is 2. The van der Waals surface area contributed by atoms with Crippen LogP contribution in [0.4, 0.5) is 0 Å². The van der Waals surface area contributed by atoms with E-state index in [1.165, 1.54) is 25.7 Å². The van der Waals surface area contributed by atoms with Crippen molar-refractivity contribution in [2.24, 2.45) is 5.92 Å². The van der Waals surface area contributed by atoms with E-state index in [-0.39, 0.29) is 0 Å². The predicted octanol–water partition coefficient (Wildman–Crippen LogP) is 2.41. The van der Waals surface area contributed by atoms with E-state index in [0.717, 1.165) is 39.0 Å². The van der Waals surface area contributed by atoms with Crippen LogP contribution in [0.5, 0.6) is 0 Å². The van der Waals surface area contributed by atoms with Gasteiger partial charge in [-0.15, -0.1) is 0 Å². The number of carbonyl (C=O) groups excluding carboxylic acids is 1. The smallest absolute Gasteiger partial charge is 0.222 e. The van der Waals surface area contributed by atoms with E-state index in [0.29, 0.717) is 11.8 Å². The molecule has 0 spiro atoms. The fourth-order valence-corrected chi connectivity index (χ4v) is 2.47. The normalized spacial score (nSPS) is 17.1. The number of hydrogen-bond acceptors (Lipinski definition) is 2. The Labute approximate surface area is 106 Å². The topological polar surface area (TPSA) is 32.3 Å². The molecule has 1 aliphatic rings. The summed E-state index contributed by atoms with van der Waals surface area (Å²) in [5, 5.41) is 3.37. The number of rotatable bonds is 7. The molecule has 100 valence electrons. The Balaban J connectivity index is 2.27. The van der Waals surface area contributed by atoms with Crippen molar-refractivity contribution >= 4 is 5.91 Å². The zero-order chi connectivity index (χ0) is 12.5. The van der Waals surface area contributed by atoms with E-state index in [1.807, 2.05) is 0 Å². The molecule has 0 aliphatic carbocycles. The Bertz CT molecular complexity index is 212. The summed E-state index contributed by atoms with van der Waals surface area (Å²) in [6, 6.07) is 0. The molecule has 0 atom stereocenters. The maximum absolute atomic E-state index is 12.0. The van der Waals surface area contributed by atoms with Crippen molar-refractivity contribution in [2.75, 3.05) is 26.2 Å². The predicted molar refractivity (Wildman–Crippen MR) is 72.0 cm³/mol. The van der Waals surface area contributed by atoms with E-state index < -0.39 is 0 Å². The van der Waals surface area contributed by atoms with Crippen molar-refractivity contribution in [2.45, 2.75) is 52.4 Å². The summed E-state index contributed by atoms with van der Waals surface area (Å²) in [5.41, 5.74) is 0. The first-order valence-corrected chi connectivity index (χ1v) is 7.26. The fraction of sp³-hybridized carbons (Fsp3) is 0.929. The van der Waals surface area contributed by atoms with Gasteiger partial charge in [-0.05, 0) is 45.2 Å². The molecule has 1 N–H and O–H groups in total. The van der Waals surface area contributed by atoms with E-state index in [2.05, 4.69) is 24.1 Å². The number of nitrogens with zero attached hydrogens (tertiary/aromatic N) is 1. The van der Waals surface area contributed by atoms with Crippen molar-refractivity contribution in [3.8, 4) is 0 Å². The Morgan fingerprint density at radius 3 is 2.53 bits per heavy atom. The molecule has 3 heteroatoms. The minimum absolute atomic E-state index is 0.361. The van der Waals surface area contributed by atoms with Gasteiger partial charge >= 0.3 is 0 Å². The summed E-state index contributed by atoms with van der Waals surface area (Å²) in [5.74, 6) is 1.07. The zero-order valence-electron chi connectivity index (χ0n) is 11.5. The van der Waals surface area contributed by atoms with Gasteiger partial charge in [-0.1, -0.05) is 19.8 Å². The minimum Gasteiger partial charge on any atom is -0.343 e. The highest BCUT2D eigenvalue weighted by molar-refractivity contribution is 5.76. The molecule has 0 aromatic rings. The average Bonchev–Trinajstić information content (AvgIpc) is 2.37. The number of nitrogens with one attached hydrogen (secondary N) is 1. The van der Waals surface area contributed by atoms with E-state index in [1.54, 1.807) is 0 Å². The molecule has 1 fully saturated rings. The van der Waals surface area contributed by atoms with Gasteiger partial charge < -0.3 is 10.2 Å². The van der Waals surface area contributed by atoms with Crippen LogP contribution < -0.4 is 5.32 Å². The molecule has 1 aliphatic heterocycles. The zero-order valence-corrected chi connectivity index (χ0v) is 11.5. The van der Waals surface area contributed by atoms with Crippen LogP contribution in [0.2, 0.25) is 0 Å². The maximum Gasteiger partial charge on any atom is 0.222 e. The van der Waals surface area contributed by atoms with Crippen LogP contribution in [0.15, 0.2) is 0 Å². The molecule has 1 amide bonds. The Hall–Kier alpha value is -0.570. The highest BCUT2D eigenvalue weighted by Gasteiger charge is 2.19. The van der Waals surface area contributed by atoms with Gasteiger partial charge in [0.05, 0.1) is 0 Å². The third-order valence-corrected chi connectivity index (χ3v) is 3.67. The van der Waals surface area contributed by atoms with Crippen LogP contribution >= 0.6 is 0 Å². The van der Waals surface area contributed by atoms with Crippen LogP contribution in [0.1, 0.15) is 52.4 Å². The number of carbonyl (C=O) groups is 1. The lowest BCUT2D eigenvalue weighted by molar-refractivity contribution is -0.131. The van der Waals surface area contributed by atoms with Crippen LogP contribution in [-0.4, -0.2) is 37.0 Å². The van der Waals surface area contributed by atoms with E-state index in [4.69, 9.17) is 0 Å². The van der Waals surface area contributed by atoms with Crippen LogP contribution in [-0.2, 0) is 4.79 Å². The molecule has 1 rings (SSSR count). The number of piperidine rings is 1. The second-order valence-corrected chi connectivity index (χ2v) is 5.08. The summed E-state index contributed by atoms with van der Waals surface area (Å²) >= 11 is 0. The molecule has 0 radical (unpaired) electrons. The summed E-state index contributed by atoms with van der Waals surface area (Å²) in [6.07, 6.45) is 6.60. The molecule has 0 aromatic carbocycles. The Kier molecular flexibility index (Phi) is 7.25. The first-order chi connectivity index (χ1) is 8.27. The van der Waals surface area contributed by atoms with Gasteiger partial charge in [0.2, 0.25) is 5.91 Å². The van der Waals surface area contributed by atoms with Gasteiger partial charge in [0.25, 0.3) is 0 Å². The van der Waals surface area contributed by atoms with Crippen LogP contribution in [0.25, 0.3) is 0 Å². The van der Waals surface area contributed by atoms with Gasteiger partial charge in [-0.2, -0.15) is 0 Å². The largest absolute Gasteiger partial charge is 0.343 e. The molecule has 0 saturated carbocycles. The molecule has 0 aromatic heterocycles. The van der Waals surface area contributed by atoms with Crippen LogP contribution in [0.3, 0.4) is 0 Å². The molecular formula is C14H28N2O. The third kappa shape index (κ3) is 5.53. The molecule has 3 nitrogen and oxygen atoms in total. The van der Waals surface area contributed by atoms with Gasteiger partial charge in [0, 0.05) is 19.5 Å². The van der Waals surface area contributed by atoms with Gasteiger partial charge in [-0.3, -0.25) is 4.79 Å². The lowest BCUT2D eigenvalue weighted by atomic mass is 9.97. The molecule has 1 heterocycles. The lowest BCUT2D eigenvalue weighted by Crippen LogP contribution is -2.39. The van der Waals surface area contributed by atoms with Crippen molar-refractivity contribution in [3.05, 3.63) is 0 Å². The molecular weight excluding hydrogens is 212 g/mol. The highest BCUT2D eigenvalue weighted by Crippen LogP contribution is 2.14. The van der Waals surface area contributed by atoms with Crippen molar-refractivity contribution < 1.29 is 4.79 Å². The first-order valence-electron chi connectivity index (χ1n) is 7.26.